The number of aliphatic hydroxyl groups is 1. The fourth-order valence-corrected chi connectivity index (χ4v) is 4.73. The Morgan fingerprint density at radius 2 is 1.62 bits per heavy atom. The van der Waals surface area contributed by atoms with Gasteiger partial charge in [-0.25, -0.2) is 0 Å². The second-order valence-electron chi connectivity index (χ2n) is 8.95. The van der Waals surface area contributed by atoms with Crippen LogP contribution in [0.4, 0.5) is 0 Å². The quantitative estimate of drug-likeness (QED) is 0.564. The summed E-state index contributed by atoms with van der Waals surface area (Å²) in [6, 6.07) is 17.3. The third kappa shape index (κ3) is 4.43. The molecule has 3 nitrogen and oxygen atoms in total. The van der Waals surface area contributed by atoms with Crippen LogP contribution in [0.25, 0.3) is 5.57 Å². The Balaban J connectivity index is 1.52. The van der Waals surface area contributed by atoms with Crippen LogP contribution < -0.4 is 0 Å². The maximum Gasteiger partial charge on any atom is 0.115 e. The summed E-state index contributed by atoms with van der Waals surface area (Å²) in [6.45, 7) is 2.51. The molecule has 2 aromatic carbocycles. The molecule has 2 aliphatic carbocycles. The number of allylic oxidation sites excluding steroid dienone is 5. The lowest BCUT2D eigenvalue weighted by atomic mass is 9.84. The third-order valence-electron chi connectivity index (χ3n) is 6.69. The van der Waals surface area contributed by atoms with Crippen molar-refractivity contribution in [2.45, 2.75) is 37.6 Å². The molecule has 1 heterocycles. The molecule has 1 aliphatic heterocycles. The Labute approximate surface area is 190 Å². The van der Waals surface area contributed by atoms with Crippen molar-refractivity contribution in [1.29, 1.82) is 0 Å². The van der Waals surface area contributed by atoms with E-state index in [9.17, 15) is 10.2 Å². The van der Waals surface area contributed by atoms with Gasteiger partial charge in [0.1, 0.15) is 5.75 Å². The molecule has 0 radical (unpaired) electrons. The summed E-state index contributed by atoms with van der Waals surface area (Å²) >= 11 is 0. The summed E-state index contributed by atoms with van der Waals surface area (Å²) in [5, 5.41) is 19.4. The number of aromatic hydroxyl groups is 1. The van der Waals surface area contributed by atoms with Crippen LogP contribution in [0, 0.1) is 0 Å². The number of nitrogens with zero attached hydrogens (tertiary/aromatic N) is 1. The molecule has 0 bridgehead atoms. The largest absolute Gasteiger partial charge is 0.508 e. The molecule has 0 amide bonds. The maximum absolute atomic E-state index is 9.84. The van der Waals surface area contributed by atoms with E-state index in [1.807, 2.05) is 24.3 Å². The minimum atomic E-state index is 0.146. The number of benzene rings is 2. The molecule has 0 spiro atoms. The number of likely N-dealkylation sites (tertiary alicyclic amines) is 1. The van der Waals surface area contributed by atoms with Gasteiger partial charge in [-0.05, 0) is 89.5 Å². The number of hydrogen-bond donors (Lipinski definition) is 2. The van der Waals surface area contributed by atoms with E-state index < -0.39 is 0 Å². The molecule has 0 unspecified atom stereocenters. The summed E-state index contributed by atoms with van der Waals surface area (Å²) in [5.41, 5.74) is 13.1. The second kappa shape index (κ2) is 9.20. The first-order valence-corrected chi connectivity index (χ1v) is 11.6. The topological polar surface area (TPSA) is 43.7 Å². The van der Waals surface area contributed by atoms with Crippen LogP contribution in [0.5, 0.6) is 5.75 Å². The number of phenolic OH excluding ortho intramolecular Hbond substituents is 1. The molecule has 0 atom stereocenters. The first-order valence-electron chi connectivity index (χ1n) is 11.6. The van der Waals surface area contributed by atoms with Crippen LogP contribution in [0.2, 0.25) is 0 Å². The van der Waals surface area contributed by atoms with E-state index in [0.29, 0.717) is 12.3 Å². The molecule has 0 aromatic heterocycles. The molecule has 3 aliphatic rings. The van der Waals surface area contributed by atoms with Gasteiger partial charge in [0.25, 0.3) is 0 Å². The summed E-state index contributed by atoms with van der Waals surface area (Å²) in [7, 11) is 0. The van der Waals surface area contributed by atoms with Crippen LogP contribution in [0.15, 0.2) is 89.4 Å². The summed E-state index contributed by atoms with van der Waals surface area (Å²) in [6.07, 6.45) is 10.1. The predicted octanol–water partition coefficient (Wildman–Crippen LogP) is 5.33. The van der Waals surface area contributed by atoms with E-state index in [2.05, 4.69) is 46.7 Å². The van der Waals surface area contributed by atoms with Crippen molar-refractivity contribution in [2.24, 2.45) is 0 Å². The first-order chi connectivity index (χ1) is 15.7. The molecule has 2 aromatic rings. The van der Waals surface area contributed by atoms with E-state index in [1.54, 1.807) is 12.1 Å². The highest BCUT2D eigenvalue weighted by Crippen LogP contribution is 2.39. The lowest BCUT2D eigenvalue weighted by Gasteiger charge is -2.40. The van der Waals surface area contributed by atoms with Gasteiger partial charge in [-0.3, -0.25) is 4.90 Å². The predicted molar refractivity (Wildman–Crippen MR) is 128 cm³/mol. The maximum atomic E-state index is 9.84. The molecular weight excluding hydrogens is 394 g/mol. The lowest BCUT2D eigenvalue weighted by molar-refractivity contribution is 0.139. The Morgan fingerprint density at radius 1 is 0.938 bits per heavy atom. The van der Waals surface area contributed by atoms with Gasteiger partial charge in [-0.1, -0.05) is 47.9 Å². The zero-order valence-electron chi connectivity index (χ0n) is 18.3. The average molecular weight is 424 g/mol. The number of phenols is 1. The number of aliphatic hydroxyl groups excluding tert-OH is 1. The van der Waals surface area contributed by atoms with Crippen molar-refractivity contribution < 1.29 is 10.2 Å². The molecule has 2 N–H and O–H groups in total. The van der Waals surface area contributed by atoms with Gasteiger partial charge in [0.05, 0.1) is 0 Å². The van der Waals surface area contributed by atoms with Crippen LogP contribution >= 0.6 is 0 Å². The summed E-state index contributed by atoms with van der Waals surface area (Å²) < 4.78 is 0. The highest BCUT2D eigenvalue weighted by molar-refractivity contribution is 5.85. The summed E-state index contributed by atoms with van der Waals surface area (Å²) in [4.78, 5) is 2.61. The highest BCUT2D eigenvalue weighted by Gasteiger charge is 2.38. The molecule has 5 rings (SSSR count). The highest BCUT2D eigenvalue weighted by atomic mass is 16.3. The smallest absolute Gasteiger partial charge is 0.115 e. The molecule has 1 saturated heterocycles. The molecule has 32 heavy (non-hydrogen) atoms. The second-order valence-corrected chi connectivity index (χ2v) is 8.95. The first kappa shape index (κ1) is 20.8. The zero-order chi connectivity index (χ0) is 21.9. The Morgan fingerprint density at radius 3 is 2.22 bits per heavy atom. The van der Waals surface area contributed by atoms with E-state index in [0.717, 1.165) is 34.7 Å². The van der Waals surface area contributed by atoms with E-state index in [-0.39, 0.29) is 12.4 Å². The van der Waals surface area contributed by atoms with Crippen LogP contribution in [0.3, 0.4) is 0 Å². The fourth-order valence-electron chi connectivity index (χ4n) is 4.73. The van der Waals surface area contributed by atoms with Gasteiger partial charge in [0.2, 0.25) is 0 Å². The lowest BCUT2D eigenvalue weighted by Crippen LogP contribution is -2.46. The van der Waals surface area contributed by atoms with Gasteiger partial charge in [0.15, 0.2) is 0 Å². The Bertz CT molecular complexity index is 1130. The molecule has 2 fully saturated rings. The third-order valence-corrected chi connectivity index (χ3v) is 6.69. The fraction of sp³-hybridized carbons (Fsp3) is 0.310. The minimum absolute atomic E-state index is 0.146. The molecule has 162 valence electrons. The normalized spacial score (nSPS) is 19.0. The summed E-state index contributed by atoms with van der Waals surface area (Å²) in [5.74, 6) is 0.895. The number of rotatable bonds is 8. The van der Waals surface area contributed by atoms with Gasteiger partial charge in [0, 0.05) is 31.7 Å². The van der Waals surface area contributed by atoms with Crippen molar-refractivity contribution >= 4 is 5.57 Å². The zero-order valence-corrected chi connectivity index (χ0v) is 18.3. The van der Waals surface area contributed by atoms with E-state index in [1.165, 1.54) is 37.1 Å². The van der Waals surface area contributed by atoms with Gasteiger partial charge >= 0.3 is 0 Å². The molecule has 1 saturated carbocycles. The van der Waals surface area contributed by atoms with Crippen LogP contribution in [-0.2, 0) is 0 Å². The van der Waals surface area contributed by atoms with E-state index in [4.69, 9.17) is 0 Å². The Kier molecular flexibility index (Phi) is 5.99. The Hall–Kier alpha value is -3.06. The van der Waals surface area contributed by atoms with E-state index >= 15 is 0 Å². The van der Waals surface area contributed by atoms with Crippen molar-refractivity contribution in [3.05, 3.63) is 106 Å². The van der Waals surface area contributed by atoms with Gasteiger partial charge in [-0.15, -0.1) is 0 Å². The average Bonchev–Trinajstić information content (AvgIpc) is 3.63. The monoisotopic (exact) mass is 423 g/mol. The van der Waals surface area contributed by atoms with Crippen molar-refractivity contribution in [3.63, 3.8) is 0 Å². The minimum Gasteiger partial charge on any atom is -0.508 e. The van der Waals surface area contributed by atoms with Crippen molar-refractivity contribution in [2.75, 3.05) is 19.7 Å². The number of hydrogen-bond acceptors (Lipinski definition) is 3. The SMILES string of the molecule is OCCC/C(C1=CC=C=C=C1)=C(\c1ccc(O)cc1)c1ccc(C2CN(C3CC3)C2)cc1. The van der Waals surface area contributed by atoms with Gasteiger partial charge < -0.3 is 10.2 Å². The van der Waals surface area contributed by atoms with Crippen LogP contribution in [-0.4, -0.2) is 40.9 Å². The molecular formula is C29H29NO2. The van der Waals surface area contributed by atoms with Crippen molar-refractivity contribution in [3.8, 4) is 5.75 Å². The van der Waals surface area contributed by atoms with Crippen LogP contribution in [0.1, 0.15) is 48.3 Å². The van der Waals surface area contributed by atoms with Gasteiger partial charge in [-0.2, -0.15) is 0 Å². The standard InChI is InChI=1S/C29H29NO2/c31-18-4-7-28(22-5-2-1-3-6-22)29(24-12-16-27(32)17-13-24)23-10-8-21(9-11-23)25-19-30(20-25)26-14-15-26/h2,5-6,8-13,16-17,25-26,31-32H,4,7,14-15,18-20H2/b29-28+. The molecule has 3 heteroatoms. The van der Waals surface area contributed by atoms with Crippen molar-refractivity contribution in [1.82, 2.24) is 4.90 Å².